The van der Waals surface area contributed by atoms with Crippen molar-refractivity contribution in [3.8, 4) is 0 Å². The maximum absolute atomic E-state index is 12.9. The van der Waals surface area contributed by atoms with Crippen molar-refractivity contribution in [1.82, 2.24) is 10.2 Å². The van der Waals surface area contributed by atoms with Gasteiger partial charge in [0.05, 0.1) is 0 Å². The minimum Gasteiger partial charge on any atom is -0.382 e. The predicted octanol–water partition coefficient (Wildman–Crippen LogP) is 4.37. The number of carbonyl (C=O) groups is 1. The molecule has 1 unspecified atom stereocenters. The van der Waals surface area contributed by atoms with Crippen molar-refractivity contribution in [3.05, 3.63) is 29.3 Å². The quantitative estimate of drug-likeness (QED) is 0.740. The molecular formula is C20H35Cl2N3O. The lowest BCUT2D eigenvalue weighted by atomic mass is 9.95. The van der Waals surface area contributed by atoms with E-state index in [9.17, 15) is 4.79 Å². The number of amides is 1. The maximum Gasteiger partial charge on any atom is 0.254 e. The van der Waals surface area contributed by atoms with E-state index in [1.807, 2.05) is 24.1 Å². The lowest BCUT2D eigenvalue weighted by Crippen LogP contribution is -2.40. The number of carbonyl (C=O) groups excluding carboxylic acids is 1. The number of rotatable bonds is 6. The number of hydrogen-bond acceptors (Lipinski definition) is 3. The SMILES string of the molecule is CNCC1CCN(C(=O)c2cccc(NC(C)C(C)C)c2C)CC1.Cl.Cl. The molecule has 26 heavy (non-hydrogen) atoms. The fourth-order valence-corrected chi connectivity index (χ4v) is 3.23. The topological polar surface area (TPSA) is 44.4 Å². The molecule has 1 aliphatic heterocycles. The van der Waals surface area contributed by atoms with Crippen LogP contribution in [0, 0.1) is 18.8 Å². The average Bonchev–Trinajstić information content (AvgIpc) is 2.57. The second-order valence-electron chi connectivity index (χ2n) is 7.45. The molecule has 1 aliphatic rings. The van der Waals surface area contributed by atoms with E-state index in [1.165, 1.54) is 0 Å². The van der Waals surface area contributed by atoms with Crippen molar-refractivity contribution >= 4 is 36.4 Å². The minimum atomic E-state index is 0. The number of anilines is 1. The zero-order valence-electron chi connectivity index (χ0n) is 16.7. The Kier molecular flexibility index (Phi) is 11.2. The van der Waals surface area contributed by atoms with Crippen LogP contribution in [0.3, 0.4) is 0 Å². The summed E-state index contributed by atoms with van der Waals surface area (Å²) in [5.74, 6) is 1.42. The Hall–Kier alpha value is -0.970. The van der Waals surface area contributed by atoms with Crippen LogP contribution in [0.4, 0.5) is 5.69 Å². The molecule has 1 saturated heterocycles. The smallest absolute Gasteiger partial charge is 0.254 e. The standard InChI is InChI=1S/C20H33N3O.2ClH/c1-14(2)16(4)22-19-8-6-7-18(15(19)3)20(24)23-11-9-17(10-12-23)13-21-5;;/h6-8,14,16-17,21-22H,9-13H2,1-5H3;2*1H. The summed E-state index contributed by atoms with van der Waals surface area (Å²) >= 11 is 0. The van der Waals surface area contributed by atoms with Gasteiger partial charge >= 0.3 is 0 Å². The average molecular weight is 404 g/mol. The number of benzene rings is 1. The lowest BCUT2D eigenvalue weighted by Gasteiger charge is -2.32. The van der Waals surface area contributed by atoms with Crippen molar-refractivity contribution in [3.63, 3.8) is 0 Å². The first-order valence-corrected chi connectivity index (χ1v) is 9.24. The highest BCUT2D eigenvalue weighted by Gasteiger charge is 2.24. The molecule has 0 bridgehead atoms. The zero-order chi connectivity index (χ0) is 17.7. The van der Waals surface area contributed by atoms with Gasteiger partial charge in [-0.3, -0.25) is 4.79 Å². The van der Waals surface area contributed by atoms with Crippen LogP contribution in [-0.4, -0.2) is 43.5 Å². The first-order chi connectivity index (χ1) is 11.4. The third kappa shape index (κ3) is 6.33. The molecule has 6 heteroatoms. The van der Waals surface area contributed by atoms with E-state index in [1.54, 1.807) is 0 Å². The van der Waals surface area contributed by atoms with Crippen LogP contribution in [0.25, 0.3) is 0 Å². The van der Waals surface area contributed by atoms with E-state index in [4.69, 9.17) is 0 Å². The van der Waals surface area contributed by atoms with Gasteiger partial charge in [0.15, 0.2) is 0 Å². The van der Waals surface area contributed by atoms with Crippen LogP contribution in [0.1, 0.15) is 49.5 Å². The molecule has 1 fully saturated rings. The van der Waals surface area contributed by atoms with E-state index in [-0.39, 0.29) is 30.7 Å². The van der Waals surface area contributed by atoms with Gasteiger partial charge in [-0.25, -0.2) is 0 Å². The highest BCUT2D eigenvalue weighted by molar-refractivity contribution is 5.97. The van der Waals surface area contributed by atoms with Crippen LogP contribution < -0.4 is 10.6 Å². The van der Waals surface area contributed by atoms with Gasteiger partial charge in [0.2, 0.25) is 0 Å². The lowest BCUT2D eigenvalue weighted by molar-refractivity contribution is 0.0690. The van der Waals surface area contributed by atoms with Gasteiger partial charge in [-0.15, -0.1) is 24.8 Å². The van der Waals surface area contributed by atoms with Gasteiger partial charge in [0.25, 0.3) is 5.91 Å². The largest absolute Gasteiger partial charge is 0.382 e. The molecule has 2 rings (SSSR count). The third-order valence-corrected chi connectivity index (χ3v) is 5.34. The Bertz CT molecular complexity index is 558. The summed E-state index contributed by atoms with van der Waals surface area (Å²) in [6.45, 7) is 11.4. The van der Waals surface area contributed by atoms with Crippen LogP contribution >= 0.6 is 24.8 Å². The van der Waals surface area contributed by atoms with Gasteiger partial charge < -0.3 is 15.5 Å². The Labute approximate surface area is 171 Å². The molecule has 2 N–H and O–H groups in total. The van der Waals surface area contributed by atoms with Gasteiger partial charge in [-0.1, -0.05) is 19.9 Å². The summed E-state index contributed by atoms with van der Waals surface area (Å²) < 4.78 is 0. The minimum absolute atomic E-state index is 0. The van der Waals surface area contributed by atoms with Crippen molar-refractivity contribution in [2.75, 3.05) is 32.0 Å². The van der Waals surface area contributed by atoms with E-state index < -0.39 is 0 Å². The molecule has 1 aromatic rings. The summed E-state index contributed by atoms with van der Waals surface area (Å²) in [5, 5.41) is 6.80. The summed E-state index contributed by atoms with van der Waals surface area (Å²) in [6, 6.07) is 6.40. The number of nitrogens with one attached hydrogen (secondary N) is 2. The molecule has 0 radical (unpaired) electrons. The van der Waals surface area contributed by atoms with Crippen molar-refractivity contribution < 1.29 is 4.79 Å². The van der Waals surface area contributed by atoms with E-state index >= 15 is 0 Å². The molecule has 0 aromatic heterocycles. The second kappa shape index (κ2) is 11.7. The van der Waals surface area contributed by atoms with Gasteiger partial charge in [0.1, 0.15) is 0 Å². The van der Waals surface area contributed by atoms with Gasteiger partial charge in [0, 0.05) is 30.4 Å². The predicted molar refractivity (Wildman–Crippen MR) is 116 cm³/mol. The van der Waals surface area contributed by atoms with Crippen LogP contribution in [0.5, 0.6) is 0 Å². The van der Waals surface area contributed by atoms with Crippen LogP contribution in [0.15, 0.2) is 18.2 Å². The van der Waals surface area contributed by atoms with E-state index in [0.717, 1.165) is 49.3 Å². The molecular weight excluding hydrogens is 369 g/mol. The Morgan fingerprint density at radius 1 is 1.19 bits per heavy atom. The Morgan fingerprint density at radius 2 is 1.81 bits per heavy atom. The monoisotopic (exact) mass is 403 g/mol. The summed E-state index contributed by atoms with van der Waals surface area (Å²) in [5.41, 5.74) is 2.97. The van der Waals surface area contributed by atoms with Gasteiger partial charge in [-0.2, -0.15) is 0 Å². The highest BCUT2D eigenvalue weighted by atomic mass is 35.5. The number of piperidine rings is 1. The first-order valence-electron chi connectivity index (χ1n) is 9.24. The zero-order valence-corrected chi connectivity index (χ0v) is 18.3. The van der Waals surface area contributed by atoms with Crippen molar-refractivity contribution in [2.45, 2.75) is 46.6 Å². The number of halogens is 2. The fraction of sp³-hybridized carbons (Fsp3) is 0.650. The molecule has 0 aliphatic carbocycles. The molecule has 0 spiro atoms. The van der Waals surface area contributed by atoms with E-state index in [2.05, 4.69) is 44.4 Å². The van der Waals surface area contributed by atoms with Crippen LogP contribution in [0.2, 0.25) is 0 Å². The molecule has 1 heterocycles. The number of hydrogen-bond donors (Lipinski definition) is 2. The normalized spacial score (nSPS) is 15.8. The molecule has 1 atom stereocenters. The van der Waals surface area contributed by atoms with Gasteiger partial charge in [-0.05, 0) is 69.8 Å². The Balaban J connectivity index is 0.00000312. The molecule has 1 amide bonds. The fourth-order valence-electron chi connectivity index (χ4n) is 3.23. The number of nitrogens with zero attached hydrogens (tertiary/aromatic N) is 1. The van der Waals surface area contributed by atoms with Crippen molar-refractivity contribution in [2.24, 2.45) is 11.8 Å². The third-order valence-electron chi connectivity index (χ3n) is 5.34. The summed E-state index contributed by atoms with van der Waals surface area (Å²) in [7, 11) is 2.00. The first kappa shape index (κ1) is 25.0. The molecule has 0 saturated carbocycles. The molecule has 1 aromatic carbocycles. The summed E-state index contributed by atoms with van der Waals surface area (Å²) in [6.07, 6.45) is 2.18. The molecule has 4 nitrogen and oxygen atoms in total. The summed E-state index contributed by atoms with van der Waals surface area (Å²) in [4.78, 5) is 15.0. The maximum atomic E-state index is 12.9. The highest BCUT2D eigenvalue weighted by Crippen LogP contribution is 2.24. The van der Waals surface area contributed by atoms with Crippen LogP contribution in [-0.2, 0) is 0 Å². The molecule has 150 valence electrons. The van der Waals surface area contributed by atoms with E-state index in [0.29, 0.717) is 17.9 Å². The van der Waals surface area contributed by atoms with Crippen molar-refractivity contribution in [1.29, 1.82) is 0 Å². The Morgan fingerprint density at radius 3 is 2.35 bits per heavy atom. The number of likely N-dealkylation sites (tertiary alicyclic amines) is 1. The second-order valence-corrected chi connectivity index (χ2v) is 7.45.